The van der Waals surface area contributed by atoms with E-state index >= 15 is 0 Å². The number of carbonyl (C=O) groups is 3. The maximum absolute atomic E-state index is 12.7. The standard InChI is InChI=1S/C22H24N4O5/c1-30-18-12-23-13-19(24-18)31-15-6-4-10-25(14-15)20(27)9-5-11-26-21(28)16-7-2-3-8-17(16)22(26)29/h2-3,7-8,12-13,15H,4-6,9-11,14H2,1H3. The molecule has 0 N–H and O–H groups in total. The van der Waals surface area contributed by atoms with Crippen LogP contribution >= 0.6 is 0 Å². The number of nitrogens with zero attached hydrogens (tertiary/aromatic N) is 4. The predicted octanol–water partition coefficient (Wildman–Crippen LogP) is 1.93. The summed E-state index contributed by atoms with van der Waals surface area (Å²) in [4.78, 5) is 48.7. The summed E-state index contributed by atoms with van der Waals surface area (Å²) in [6.07, 6.45) is 5.18. The van der Waals surface area contributed by atoms with Crippen molar-refractivity contribution in [2.45, 2.75) is 31.8 Å². The molecule has 2 aliphatic rings. The van der Waals surface area contributed by atoms with E-state index in [0.717, 1.165) is 12.8 Å². The molecule has 31 heavy (non-hydrogen) atoms. The fraction of sp³-hybridized carbons (Fsp3) is 0.409. The first-order valence-corrected chi connectivity index (χ1v) is 10.3. The van der Waals surface area contributed by atoms with Crippen LogP contribution < -0.4 is 9.47 Å². The Hall–Kier alpha value is -3.49. The minimum absolute atomic E-state index is 0.0124. The quantitative estimate of drug-likeness (QED) is 0.626. The Labute approximate surface area is 180 Å². The van der Waals surface area contributed by atoms with E-state index < -0.39 is 0 Å². The Kier molecular flexibility index (Phi) is 6.11. The molecule has 1 aromatic heterocycles. The normalized spacial score (nSPS) is 18.2. The van der Waals surface area contributed by atoms with Crippen LogP contribution in [0.4, 0.5) is 0 Å². The Morgan fingerprint density at radius 1 is 1.13 bits per heavy atom. The highest BCUT2D eigenvalue weighted by Crippen LogP contribution is 2.23. The summed E-state index contributed by atoms with van der Waals surface area (Å²) >= 11 is 0. The number of piperidine rings is 1. The zero-order valence-corrected chi connectivity index (χ0v) is 17.3. The van der Waals surface area contributed by atoms with Gasteiger partial charge in [-0.25, -0.2) is 0 Å². The van der Waals surface area contributed by atoms with Crippen LogP contribution in [0.1, 0.15) is 46.4 Å². The van der Waals surface area contributed by atoms with Gasteiger partial charge in [-0.1, -0.05) is 12.1 Å². The molecular weight excluding hydrogens is 400 g/mol. The van der Waals surface area contributed by atoms with E-state index in [1.807, 2.05) is 0 Å². The van der Waals surface area contributed by atoms with Crippen molar-refractivity contribution in [3.05, 3.63) is 47.8 Å². The van der Waals surface area contributed by atoms with Crippen molar-refractivity contribution in [3.8, 4) is 11.8 Å². The van der Waals surface area contributed by atoms with Crippen molar-refractivity contribution in [2.75, 3.05) is 26.7 Å². The fourth-order valence-corrected chi connectivity index (χ4v) is 3.91. The summed E-state index contributed by atoms with van der Waals surface area (Å²) in [5, 5.41) is 0. The number of likely N-dealkylation sites (tertiary alicyclic amines) is 1. The molecule has 162 valence electrons. The molecule has 0 spiro atoms. The molecule has 3 amide bonds. The van der Waals surface area contributed by atoms with E-state index in [1.54, 1.807) is 29.2 Å². The largest absolute Gasteiger partial charge is 0.480 e. The molecule has 1 unspecified atom stereocenters. The lowest BCUT2D eigenvalue weighted by Gasteiger charge is -2.32. The minimum atomic E-state index is -0.293. The number of hydrogen-bond donors (Lipinski definition) is 0. The molecular formula is C22H24N4O5. The topological polar surface area (TPSA) is 102 Å². The zero-order chi connectivity index (χ0) is 21.8. The number of aromatic nitrogens is 2. The average Bonchev–Trinajstić information content (AvgIpc) is 3.04. The summed E-state index contributed by atoms with van der Waals surface area (Å²) in [6, 6.07) is 6.79. The molecule has 2 aromatic rings. The van der Waals surface area contributed by atoms with E-state index in [0.29, 0.717) is 42.4 Å². The van der Waals surface area contributed by atoms with Crippen LogP contribution in [-0.2, 0) is 4.79 Å². The van der Waals surface area contributed by atoms with Crippen LogP contribution in [0.15, 0.2) is 36.7 Å². The van der Waals surface area contributed by atoms with Gasteiger partial charge in [0.1, 0.15) is 6.10 Å². The number of fused-ring (bicyclic) bond motifs is 1. The molecule has 0 saturated carbocycles. The SMILES string of the molecule is COc1cncc(OC2CCCN(C(=O)CCCN3C(=O)c4ccccc4C3=O)C2)n1. The van der Waals surface area contributed by atoms with Crippen LogP contribution in [0.2, 0.25) is 0 Å². The van der Waals surface area contributed by atoms with Gasteiger partial charge in [0.25, 0.3) is 11.8 Å². The molecule has 4 rings (SSSR count). The molecule has 9 heteroatoms. The van der Waals surface area contributed by atoms with E-state index in [-0.39, 0.29) is 36.8 Å². The van der Waals surface area contributed by atoms with Crippen molar-refractivity contribution >= 4 is 17.7 Å². The number of rotatable bonds is 7. The zero-order valence-electron chi connectivity index (χ0n) is 17.3. The third kappa shape index (κ3) is 4.50. The van der Waals surface area contributed by atoms with E-state index in [9.17, 15) is 14.4 Å². The average molecular weight is 424 g/mol. The third-order valence-corrected chi connectivity index (χ3v) is 5.47. The van der Waals surface area contributed by atoms with Crippen molar-refractivity contribution in [1.82, 2.24) is 19.8 Å². The Balaban J connectivity index is 1.27. The van der Waals surface area contributed by atoms with Crippen LogP contribution in [0.3, 0.4) is 0 Å². The molecule has 0 aliphatic carbocycles. The first kappa shape index (κ1) is 20.8. The van der Waals surface area contributed by atoms with Gasteiger partial charge in [-0.15, -0.1) is 0 Å². The lowest BCUT2D eigenvalue weighted by Crippen LogP contribution is -2.44. The van der Waals surface area contributed by atoms with Crippen molar-refractivity contribution in [2.24, 2.45) is 0 Å². The fourth-order valence-electron chi connectivity index (χ4n) is 3.91. The van der Waals surface area contributed by atoms with Gasteiger partial charge >= 0.3 is 0 Å². The van der Waals surface area contributed by atoms with Crippen molar-refractivity contribution in [1.29, 1.82) is 0 Å². The smallest absolute Gasteiger partial charge is 0.261 e. The highest BCUT2D eigenvalue weighted by atomic mass is 16.5. The molecule has 0 radical (unpaired) electrons. The minimum Gasteiger partial charge on any atom is -0.480 e. The molecule has 0 bridgehead atoms. The summed E-state index contributed by atoms with van der Waals surface area (Å²) < 4.78 is 10.9. The van der Waals surface area contributed by atoms with Gasteiger partial charge in [0.05, 0.1) is 37.2 Å². The molecule has 1 aromatic carbocycles. The maximum atomic E-state index is 12.7. The van der Waals surface area contributed by atoms with Gasteiger partial charge in [-0.05, 0) is 31.4 Å². The number of carbonyl (C=O) groups excluding carboxylic acids is 3. The summed E-state index contributed by atoms with van der Waals surface area (Å²) in [5.74, 6) is 0.137. The predicted molar refractivity (Wildman–Crippen MR) is 110 cm³/mol. The lowest BCUT2D eigenvalue weighted by atomic mass is 10.1. The number of methoxy groups -OCH3 is 1. The van der Waals surface area contributed by atoms with E-state index in [1.165, 1.54) is 24.4 Å². The first-order valence-electron chi connectivity index (χ1n) is 10.3. The van der Waals surface area contributed by atoms with Gasteiger partial charge in [0.2, 0.25) is 17.7 Å². The molecule has 3 heterocycles. The number of benzene rings is 1. The van der Waals surface area contributed by atoms with Crippen molar-refractivity contribution < 1.29 is 23.9 Å². The van der Waals surface area contributed by atoms with E-state index in [2.05, 4.69) is 9.97 Å². The molecule has 2 aliphatic heterocycles. The number of ether oxygens (including phenoxy) is 2. The summed E-state index contributed by atoms with van der Waals surface area (Å²) in [5.41, 5.74) is 0.853. The molecule has 1 atom stereocenters. The van der Waals surface area contributed by atoms with Gasteiger partial charge in [0, 0.05) is 19.5 Å². The Morgan fingerprint density at radius 2 is 1.84 bits per heavy atom. The van der Waals surface area contributed by atoms with Gasteiger partial charge in [-0.3, -0.25) is 24.3 Å². The second-order valence-electron chi connectivity index (χ2n) is 7.53. The number of hydrogen-bond acceptors (Lipinski definition) is 7. The lowest BCUT2D eigenvalue weighted by molar-refractivity contribution is -0.134. The summed E-state index contributed by atoms with van der Waals surface area (Å²) in [6.45, 7) is 1.35. The first-order chi connectivity index (χ1) is 15.1. The van der Waals surface area contributed by atoms with Crippen LogP contribution in [0.25, 0.3) is 0 Å². The van der Waals surface area contributed by atoms with Crippen LogP contribution in [0, 0.1) is 0 Å². The van der Waals surface area contributed by atoms with Crippen molar-refractivity contribution in [3.63, 3.8) is 0 Å². The van der Waals surface area contributed by atoms with Crippen LogP contribution in [0.5, 0.6) is 11.8 Å². The molecule has 1 fully saturated rings. The Bertz CT molecular complexity index is 960. The molecule has 9 nitrogen and oxygen atoms in total. The number of amides is 3. The highest BCUT2D eigenvalue weighted by molar-refractivity contribution is 6.21. The highest BCUT2D eigenvalue weighted by Gasteiger charge is 2.34. The number of imide groups is 1. The Morgan fingerprint density at radius 3 is 2.55 bits per heavy atom. The second kappa shape index (κ2) is 9.11. The van der Waals surface area contributed by atoms with E-state index in [4.69, 9.17) is 9.47 Å². The monoisotopic (exact) mass is 424 g/mol. The van der Waals surface area contributed by atoms with Gasteiger partial charge < -0.3 is 14.4 Å². The maximum Gasteiger partial charge on any atom is 0.261 e. The third-order valence-electron chi connectivity index (χ3n) is 5.47. The molecule has 1 saturated heterocycles. The second-order valence-corrected chi connectivity index (χ2v) is 7.53. The van der Waals surface area contributed by atoms with Gasteiger partial charge in [-0.2, -0.15) is 4.98 Å². The van der Waals surface area contributed by atoms with Crippen LogP contribution in [-0.4, -0.2) is 70.3 Å². The van der Waals surface area contributed by atoms with Gasteiger partial charge in [0.15, 0.2) is 0 Å². The summed E-state index contributed by atoms with van der Waals surface area (Å²) in [7, 11) is 1.51.